The van der Waals surface area contributed by atoms with Gasteiger partial charge in [0.25, 0.3) is 0 Å². The molecule has 28 heavy (non-hydrogen) atoms. The molecule has 1 unspecified atom stereocenters. The Kier molecular flexibility index (Phi) is 5.73. The number of aromatic nitrogens is 2. The fourth-order valence-corrected chi connectivity index (χ4v) is 4.56. The van der Waals surface area contributed by atoms with Crippen LogP contribution < -0.4 is 5.32 Å². The number of hydrogen-bond donors (Lipinski definition) is 1. The van der Waals surface area contributed by atoms with E-state index in [-0.39, 0.29) is 11.5 Å². The summed E-state index contributed by atoms with van der Waals surface area (Å²) < 4.78 is 9.01. The van der Waals surface area contributed by atoms with Crippen LogP contribution >= 0.6 is 15.9 Å². The third kappa shape index (κ3) is 4.10. The predicted molar refractivity (Wildman–Crippen MR) is 115 cm³/mol. The third-order valence-corrected chi connectivity index (χ3v) is 6.32. The number of aryl methyl sites for hydroxylation is 1. The molecule has 0 bridgehead atoms. The standard InChI is InChI=1S/C21H28BrN5O/c1-3-23-20(24-15-21(8-9-21)17-6-4-5-7-18(17)22)27-10-11-28-19(14-27)16-12-25-26(2)13-16/h4-7,12-13,19H,3,8-11,14-15H2,1-2H3,(H,23,24). The number of morpholine rings is 1. The topological polar surface area (TPSA) is 54.7 Å². The van der Waals surface area contributed by atoms with E-state index in [1.54, 1.807) is 0 Å². The highest BCUT2D eigenvalue weighted by Crippen LogP contribution is 2.50. The third-order valence-electron chi connectivity index (χ3n) is 5.63. The summed E-state index contributed by atoms with van der Waals surface area (Å²) in [4.78, 5) is 7.38. The van der Waals surface area contributed by atoms with Crippen LogP contribution in [0.5, 0.6) is 0 Å². The van der Waals surface area contributed by atoms with Gasteiger partial charge in [-0.2, -0.15) is 5.10 Å². The van der Waals surface area contributed by atoms with Crippen molar-refractivity contribution < 1.29 is 4.74 Å². The zero-order valence-corrected chi connectivity index (χ0v) is 18.2. The van der Waals surface area contributed by atoms with E-state index in [0.29, 0.717) is 6.61 Å². The second-order valence-electron chi connectivity index (χ2n) is 7.68. The first-order valence-electron chi connectivity index (χ1n) is 10.00. The molecule has 2 fully saturated rings. The highest BCUT2D eigenvalue weighted by atomic mass is 79.9. The van der Waals surface area contributed by atoms with Crippen LogP contribution in [-0.2, 0) is 17.2 Å². The van der Waals surface area contributed by atoms with E-state index in [9.17, 15) is 0 Å². The first kappa shape index (κ1) is 19.5. The lowest BCUT2D eigenvalue weighted by Gasteiger charge is -2.35. The minimum Gasteiger partial charge on any atom is -0.370 e. The summed E-state index contributed by atoms with van der Waals surface area (Å²) in [5, 5.41) is 7.77. The van der Waals surface area contributed by atoms with Gasteiger partial charge in [0, 0.05) is 41.8 Å². The molecule has 0 amide bonds. The number of halogens is 1. The number of aliphatic imine (C=N–C) groups is 1. The maximum Gasteiger partial charge on any atom is 0.194 e. The van der Waals surface area contributed by atoms with Crippen molar-refractivity contribution in [1.29, 1.82) is 0 Å². The van der Waals surface area contributed by atoms with Gasteiger partial charge >= 0.3 is 0 Å². The van der Waals surface area contributed by atoms with Gasteiger partial charge in [-0.3, -0.25) is 9.67 Å². The Morgan fingerprint density at radius 1 is 1.39 bits per heavy atom. The summed E-state index contributed by atoms with van der Waals surface area (Å²) >= 11 is 3.72. The fraction of sp³-hybridized carbons (Fsp3) is 0.524. The van der Waals surface area contributed by atoms with Gasteiger partial charge in [0.15, 0.2) is 5.96 Å². The minimum atomic E-state index is 0.0319. The first-order chi connectivity index (χ1) is 13.6. The number of rotatable bonds is 5. The molecule has 1 aromatic heterocycles. The molecule has 1 aliphatic heterocycles. The summed E-state index contributed by atoms with van der Waals surface area (Å²) in [5.41, 5.74) is 2.68. The molecular weight excluding hydrogens is 418 g/mol. The van der Waals surface area contributed by atoms with Crippen molar-refractivity contribution >= 4 is 21.9 Å². The number of nitrogens with one attached hydrogen (secondary N) is 1. The van der Waals surface area contributed by atoms with Gasteiger partial charge in [-0.15, -0.1) is 0 Å². The van der Waals surface area contributed by atoms with Crippen LogP contribution in [-0.4, -0.2) is 53.4 Å². The Balaban J connectivity index is 1.49. The summed E-state index contributed by atoms with van der Waals surface area (Å²) in [6.45, 7) is 6.13. The zero-order valence-electron chi connectivity index (χ0n) is 16.6. The summed E-state index contributed by atoms with van der Waals surface area (Å²) in [6.07, 6.45) is 6.35. The van der Waals surface area contributed by atoms with Crippen molar-refractivity contribution in [1.82, 2.24) is 20.0 Å². The molecule has 0 spiro atoms. The number of hydrogen-bond acceptors (Lipinski definition) is 3. The minimum absolute atomic E-state index is 0.0319. The van der Waals surface area contributed by atoms with Crippen LogP contribution in [0.4, 0.5) is 0 Å². The molecule has 150 valence electrons. The number of ether oxygens (including phenoxy) is 1. The second kappa shape index (κ2) is 8.25. The van der Waals surface area contributed by atoms with Crippen LogP contribution in [0.1, 0.15) is 37.0 Å². The average molecular weight is 446 g/mol. The maximum atomic E-state index is 5.99. The van der Waals surface area contributed by atoms with Gasteiger partial charge in [-0.05, 0) is 31.4 Å². The van der Waals surface area contributed by atoms with E-state index < -0.39 is 0 Å². The molecule has 7 heteroatoms. The quantitative estimate of drug-likeness (QED) is 0.566. The second-order valence-corrected chi connectivity index (χ2v) is 8.54. The SMILES string of the molecule is CCNC(=NCC1(c2ccccc2Br)CC1)N1CCOC(c2cnn(C)c2)C1. The van der Waals surface area contributed by atoms with Crippen molar-refractivity contribution in [2.75, 3.05) is 32.8 Å². The fourth-order valence-electron chi connectivity index (χ4n) is 3.86. The lowest BCUT2D eigenvalue weighted by Crippen LogP contribution is -2.48. The summed E-state index contributed by atoms with van der Waals surface area (Å²) in [6, 6.07) is 8.55. The van der Waals surface area contributed by atoms with Gasteiger partial charge in [-0.1, -0.05) is 34.1 Å². The van der Waals surface area contributed by atoms with Crippen LogP contribution in [0.2, 0.25) is 0 Å². The van der Waals surface area contributed by atoms with Crippen LogP contribution in [0, 0.1) is 0 Å². The maximum absolute atomic E-state index is 5.99. The molecule has 0 radical (unpaired) electrons. The van der Waals surface area contributed by atoms with Gasteiger partial charge in [0.2, 0.25) is 0 Å². The highest BCUT2D eigenvalue weighted by molar-refractivity contribution is 9.10. The smallest absolute Gasteiger partial charge is 0.194 e. The van der Waals surface area contributed by atoms with E-state index >= 15 is 0 Å². The molecule has 1 aliphatic carbocycles. The molecule has 4 rings (SSSR count). The van der Waals surface area contributed by atoms with Crippen molar-refractivity contribution in [3.63, 3.8) is 0 Å². The normalized spacial score (nSPS) is 21.6. The van der Waals surface area contributed by atoms with Crippen molar-refractivity contribution in [2.24, 2.45) is 12.0 Å². The predicted octanol–water partition coefficient (Wildman–Crippen LogP) is 3.25. The van der Waals surface area contributed by atoms with Crippen LogP contribution in [0.25, 0.3) is 0 Å². The monoisotopic (exact) mass is 445 g/mol. The van der Waals surface area contributed by atoms with E-state index in [2.05, 4.69) is 62.4 Å². The summed E-state index contributed by atoms with van der Waals surface area (Å²) in [7, 11) is 1.94. The van der Waals surface area contributed by atoms with Crippen LogP contribution in [0.3, 0.4) is 0 Å². The van der Waals surface area contributed by atoms with E-state index in [1.165, 1.54) is 22.9 Å². The number of guanidine groups is 1. The van der Waals surface area contributed by atoms with Crippen molar-refractivity contribution in [3.05, 3.63) is 52.3 Å². The first-order valence-corrected chi connectivity index (χ1v) is 10.8. The van der Waals surface area contributed by atoms with Crippen molar-refractivity contribution in [3.8, 4) is 0 Å². The van der Waals surface area contributed by atoms with Crippen LogP contribution in [0.15, 0.2) is 46.1 Å². The average Bonchev–Trinajstić information content (AvgIpc) is 3.37. The Labute approximate surface area is 175 Å². The lowest BCUT2D eigenvalue weighted by atomic mass is 9.96. The van der Waals surface area contributed by atoms with Gasteiger partial charge in [0.1, 0.15) is 6.10 Å². The largest absolute Gasteiger partial charge is 0.370 e. The molecule has 2 aromatic rings. The zero-order chi connectivity index (χ0) is 19.6. The molecule has 1 atom stereocenters. The molecule has 6 nitrogen and oxygen atoms in total. The van der Waals surface area contributed by atoms with Gasteiger partial charge in [-0.25, -0.2) is 0 Å². The molecule has 1 N–H and O–H groups in total. The van der Waals surface area contributed by atoms with E-state index in [4.69, 9.17) is 9.73 Å². The molecule has 2 aliphatic rings. The lowest BCUT2D eigenvalue weighted by molar-refractivity contribution is -0.00805. The highest BCUT2D eigenvalue weighted by Gasteiger charge is 2.45. The Morgan fingerprint density at radius 3 is 2.89 bits per heavy atom. The number of benzene rings is 1. The molecule has 1 aromatic carbocycles. The Hall–Kier alpha value is -1.86. The molecule has 1 saturated carbocycles. The van der Waals surface area contributed by atoms with E-state index in [0.717, 1.165) is 37.7 Å². The summed E-state index contributed by atoms with van der Waals surface area (Å²) in [5.74, 6) is 0.984. The molecular formula is C21H28BrN5O. The Bertz CT molecular complexity index is 845. The number of nitrogens with zero attached hydrogens (tertiary/aromatic N) is 4. The van der Waals surface area contributed by atoms with Crippen molar-refractivity contribution in [2.45, 2.75) is 31.3 Å². The van der Waals surface area contributed by atoms with Gasteiger partial charge in [0.05, 0.1) is 25.9 Å². The molecule has 2 heterocycles. The van der Waals surface area contributed by atoms with E-state index in [1.807, 2.05) is 24.1 Å². The van der Waals surface area contributed by atoms with Gasteiger partial charge < -0.3 is 15.0 Å². The Morgan fingerprint density at radius 2 is 2.21 bits per heavy atom. The molecule has 1 saturated heterocycles.